The van der Waals surface area contributed by atoms with Crippen molar-refractivity contribution in [1.82, 2.24) is 51.6 Å². The molecule has 101 heavy (non-hydrogen) atoms. The Morgan fingerprint density at radius 2 is 1.50 bits per heavy atom. The number of fused-ring (bicyclic) bond motifs is 10. The molecule has 540 valence electrons. The second-order valence-electron chi connectivity index (χ2n) is 26.6. The van der Waals surface area contributed by atoms with Crippen LogP contribution in [-0.2, 0) is 103 Å². The fraction of sp³-hybridized carbons (Fsp3) is 0.459. The summed E-state index contributed by atoms with van der Waals surface area (Å²) >= 11 is 0. The maximum Gasteiger partial charge on any atom is 0.249 e. The van der Waals surface area contributed by atoms with E-state index in [2.05, 4.69) is 43.0 Å². The Morgan fingerprint density at radius 1 is 0.733 bits per heavy atom. The predicted octanol–water partition coefficient (Wildman–Crippen LogP) is 1.51. The Labute approximate surface area is 585 Å². The summed E-state index contributed by atoms with van der Waals surface area (Å²) < 4.78 is 35.6. The SMILES string of the molecule is COc1ccc(C[C@@H]2NC(=O)[C@H]([C@@H](C)O)NC(=O)[C@@H]3[C@@H]4CCN3C(=O)[C@H]3CC(=O)[C@H](Cc5cccc(c5)CNC(=O)CO4)NC(=O)[C@@H](C[NH3+])NC(=O)[C@H](C)NC(=O)CCC(=O)CCc4ccc(cc4OC/C=C/Cn4cc(c5cc(F)ccc54)C3)CCNC(=O)[C@]3(C)CCCN3C2=O)cc1.[CH3-]. The number of benzene rings is 4. The second kappa shape index (κ2) is 34.0. The van der Waals surface area contributed by atoms with Crippen LogP contribution in [0.5, 0.6) is 11.5 Å². The summed E-state index contributed by atoms with van der Waals surface area (Å²) in [6.45, 7) is 3.71. The molecular weight excluding hydrogens is 1300 g/mol. The Morgan fingerprint density at radius 3 is 2.26 bits per heavy atom. The van der Waals surface area contributed by atoms with Crippen LogP contribution in [0.3, 0.4) is 0 Å². The number of nitrogens with zero attached hydrogens (tertiary/aromatic N) is 3. The quantitative estimate of drug-likeness (QED) is 0.0890. The van der Waals surface area contributed by atoms with E-state index in [0.717, 1.165) is 5.56 Å². The van der Waals surface area contributed by atoms with Crippen molar-refractivity contribution >= 4 is 75.6 Å². The first kappa shape index (κ1) is 75.3. The number of amides is 9. The average molecular weight is 1390 g/mol. The van der Waals surface area contributed by atoms with Crippen molar-refractivity contribution in [2.24, 2.45) is 5.92 Å². The van der Waals surface area contributed by atoms with Crippen LogP contribution in [0, 0.1) is 19.2 Å². The number of aryl methyl sites for hydroxylation is 1. The molecule has 10 atom stereocenters. The Bertz CT molecular complexity index is 3950. The molecule has 5 aromatic rings. The minimum atomic E-state index is -1.82. The first-order valence-corrected chi connectivity index (χ1v) is 34.2. The number of aromatic nitrogens is 1. The van der Waals surface area contributed by atoms with Gasteiger partial charge in [0.25, 0.3) is 0 Å². The van der Waals surface area contributed by atoms with Gasteiger partial charge in [0, 0.05) is 87.8 Å². The smallest absolute Gasteiger partial charge is 0.249 e. The number of carbonyl (C=O) groups is 11. The zero-order valence-corrected chi connectivity index (χ0v) is 57.7. The molecule has 5 aliphatic heterocycles. The molecule has 10 rings (SSSR count). The van der Waals surface area contributed by atoms with E-state index in [9.17, 15) is 33.9 Å². The molecule has 6 heterocycles. The lowest BCUT2D eigenvalue weighted by Gasteiger charge is -2.37. The highest BCUT2D eigenvalue weighted by atomic mass is 19.1. The molecule has 0 spiro atoms. The van der Waals surface area contributed by atoms with E-state index in [4.69, 9.17) is 14.2 Å². The molecule has 0 radical (unpaired) electrons. The van der Waals surface area contributed by atoms with Crippen LogP contribution in [-0.4, -0.2) is 185 Å². The number of methoxy groups -OCH3 is 1. The van der Waals surface area contributed by atoms with Crippen molar-refractivity contribution in [3.8, 4) is 11.5 Å². The van der Waals surface area contributed by atoms with E-state index < -0.39 is 138 Å². The highest BCUT2D eigenvalue weighted by Crippen LogP contribution is 2.34. The normalized spacial score (nSPS) is 26.1. The van der Waals surface area contributed by atoms with Crippen LogP contribution in [0.2, 0.25) is 0 Å². The van der Waals surface area contributed by atoms with Crippen molar-refractivity contribution in [2.75, 3.05) is 46.5 Å². The number of aliphatic hydroxyl groups excluding tert-OH is 1. The topological polar surface area (TPSA) is 359 Å². The van der Waals surface area contributed by atoms with E-state index in [1.807, 2.05) is 28.8 Å². The van der Waals surface area contributed by atoms with Gasteiger partial charge >= 0.3 is 0 Å². The zero-order valence-electron chi connectivity index (χ0n) is 57.7. The molecular formula is C74H92FN11O15. The Balaban J connectivity index is 0.0000119. The lowest BCUT2D eigenvalue weighted by molar-refractivity contribution is -0.370. The molecule has 27 heteroatoms. The number of halogens is 1. The number of carbonyl (C=O) groups excluding carboxylic acids is 11. The Hall–Kier alpha value is -9.86. The highest BCUT2D eigenvalue weighted by Gasteiger charge is 2.50. The molecule has 0 unspecified atom stereocenters. The summed E-state index contributed by atoms with van der Waals surface area (Å²) in [6, 6.07) is 14.4. The van der Waals surface area contributed by atoms with Gasteiger partial charge in [0.1, 0.15) is 72.6 Å². The molecule has 2 fully saturated rings. The highest BCUT2D eigenvalue weighted by molar-refractivity contribution is 6.00. The lowest BCUT2D eigenvalue weighted by Crippen LogP contribution is -2.66. The third-order valence-electron chi connectivity index (χ3n) is 19.4. The number of hydrogen-bond donors (Lipinski definition) is 9. The monoisotopic (exact) mass is 1390 g/mol. The van der Waals surface area contributed by atoms with Crippen molar-refractivity contribution in [3.63, 3.8) is 0 Å². The number of quaternary nitrogens is 1. The number of Topliss-reactive ketones (excluding diaryl/α,β-unsaturated/α-hetero) is 2. The van der Waals surface area contributed by atoms with E-state index >= 15 is 28.4 Å². The molecule has 0 saturated carbocycles. The van der Waals surface area contributed by atoms with Crippen LogP contribution in [0.25, 0.3) is 10.9 Å². The van der Waals surface area contributed by atoms with Crippen molar-refractivity contribution in [2.45, 2.75) is 165 Å². The van der Waals surface area contributed by atoms with Gasteiger partial charge in [0.15, 0.2) is 11.8 Å². The van der Waals surface area contributed by atoms with Gasteiger partial charge in [-0.15, -0.1) is 0 Å². The van der Waals surface area contributed by atoms with E-state index in [1.54, 1.807) is 73.8 Å². The van der Waals surface area contributed by atoms with Crippen molar-refractivity contribution in [1.29, 1.82) is 0 Å². The number of nitrogens with one attached hydrogen (secondary N) is 7. The first-order chi connectivity index (χ1) is 48.0. The number of ketones is 2. The van der Waals surface area contributed by atoms with Crippen LogP contribution in [0.4, 0.5) is 4.39 Å². The predicted molar refractivity (Wildman–Crippen MR) is 368 cm³/mol. The molecule has 5 aliphatic rings. The fourth-order valence-electron chi connectivity index (χ4n) is 13.8. The zero-order chi connectivity index (χ0) is 71.4. The summed E-state index contributed by atoms with van der Waals surface area (Å²) in [5, 5.41) is 31.3. The summed E-state index contributed by atoms with van der Waals surface area (Å²) in [5.41, 5.74) is 6.56. The van der Waals surface area contributed by atoms with Crippen molar-refractivity contribution < 1.29 is 82.2 Å². The Kier molecular flexibility index (Phi) is 25.4. The first-order valence-electron chi connectivity index (χ1n) is 34.2. The van der Waals surface area contributed by atoms with Crippen LogP contribution in [0.1, 0.15) is 99.1 Å². The molecule has 11 N–H and O–H groups in total. The van der Waals surface area contributed by atoms with Gasteiger partial charge in [-0.1, -0.05) is 54.6 Å². The van der Waals surface area contributed by atoms with Crippen molar-refractivity contribution in [3.05, 3.63) is 150 Å². The number of ether oxygens (including phenoxy) is 3. The molecule has 1 aromatic heterocycles. The molecule has 4 aromatic carbocycles. The molecule has 9 amide bonds. The van der Waals surface area contributed by atoms with Gasteiger partial charge in [0.2, 0.25) is 53.2 Å². The average Bonchev–Trinajstić information content (AvgIpc) is 1.67. The van der Waals surface area contributed by atoms with Gasteiger partial charge in [-0.05, 0) is 142 Å². The lowest BCUT2D eigenvalue weighted by atomic mass is 9.88. The summed E-state index contributed by atoms with van der Waals surface area (Å²) in [5.74, 6) is -8.71. The van der Waals surface area contributed by atoms with Crippen LogP contribution < -0.4 is 52.4 Å². The third-order valence-corrected chi connectivity index (χ3v) is 19.4. The van der Waals surface area contributed by atoms with E-state index in [1.165, 1.54) is 42.9 Å². The standard InChI is InChI=1S/C73H88FN11O15.CH3/c1-42-66(91)81-57(38-75)67(92)79-55-33-46-9-7-10-47(31-46)39-77-63(90)41-100-60-24-29-84-65(60)69(94)82-64(43(2)86)68(93)80-56(32-44-12-19-53(98-4)20-13-44)71(96)85-28-8-25-73(85,3)72(97)76-26-23-45-11-14-48(15-17-52(87)18-22-62(89)78-42)61(34-45)99-30-6-5-27-83-40-50(35-49(70(84)95)36-59(55)88)54-37-51(74)16-21-58(54)83;/h5-7,9-14,16,19-21,31,34,37,40,42-43,49,55-57,60,64-65,86H,8,15,17-18,22-30,32-33,35-36,38-39,41,75H2,1-4H3,(H,76,97)(H,77,90)(H,78,89)(H,79,92)(H,80,93)(H,81,91)(H,82,94);1H3/q;-1/p+1/b6-5+;/t42-,43+,49+,55-,56-,57+,60-,64-,65-,73-;/m0./s1. The summed E-state index contributed by atoms with van der Waals surface area (Å²) in [6.07, 6.45) is 2.01. The number of rotatable bonds is 5. The molecule has 11 bridgehead atoms. The maximum absolute atomic E-state index is 16.1. The second-order valence-corrected chi connectivity index (χ2v) is 26.6. The summed E-state index contributed by atoms with van der Waals surface area (Å²) in [7, 11) is 1.49. The maximum atomic E-state index is 16.1. The fourth-order valence-corrected chi connectivity index (χ4v) is 13.8. The van der Waals surface area contributed by atoms with Crippen LogP contribution in [0.15, 0.2) is 103 Å². The van der Waals surface area contributed by atoms with Gasteiger partial charge in [-0.3, -0.25) is 52.7 Å². The van der Waals surface area contributed by atoms with E-state index in [0.29, 0.717) is 63.1 Å². The molecule has 0 aliphatic carbocycles. The van der Waals surface area contributed by atoms with Crippen LogP contribution >= 0.6 is 0 Å². The van der Waals surface area contributed by atoms with Gasteiger partial charge in [-0.25, -0.2) is 4.39 Å². The number of allylic oxidation sites excluding steroid dienone is 1. The minimum absolute atomic E-state index is 0. The largest absolute Gasteiger partial charge is 0.497 e. The van der Waals surface area contributed by atoms with Gasteiger partial charge in [0.05, 0.1) is 25.4 Å². The van der Waals surface area contributed by atoms with Gasteiger partial charge in [-0.2, -0.15) is 0 Å². The number of aliphatic hydroxyl groups is 1. The molecule has 26 nitrogen and oxygen atoms in total. The molecule has 2 saturated heterocycles. The minimum Gasteiger partial charge on any atom is -0.497 e. The van der Waals surface area contributed by atoms with E-state index in [-0.39, 0.29) is 117 Å². The number of hydrogen-bond acceptors (Lipinski definition) is 15. The third kappa shape index (κ3) is 18.6. The summed E-state index contributed by atoms with van der Waals surface area (Å²) in [4.78, 5) is 164. The van der Waals surface area contributed by atoms with Gasteiger partial charge < -0.3 is 84.1 Å².